The molecule has 0 amide bonds. The average Bonchev–Trinajstić information content (AvgIpc) is 3.13. The van der Waals surface area contributed by atoms with Gasteiger partial charge in [-0.05, 0) is 63.1 Å². The molecule has 0 unspecified atom stereocenters. The van der Waals surface area contributed by atoms with Gasteiger partial charge in [0.2, 0.25) is 0 Å². The molecule has 0 saturated heterocycles. The van der Waals surface area contributed by atoms with Crippen molar-refractivity contribution in [2.24, 2.45) is 5.41 Å². The van der Waals surface area contributed by atoms with Crippen LogP contribution in [0.15, 0.2) is 29.4 Å². The molecule has 1 aromatic rings. The minimum Gasteiger partial charge on any atom is -0.508 e. The van der Waals surface area contributed by atoms with E-state index in [1.165, 1.54) is 5.56 Å². The van der Waals surface area contributed by atoms with Crippen molar-refractivity contribution in [2.75, 3.05) is 0 Å². The van der Waals surface area contributed by atoms with Gasteiger partial charge < -0.3 is 14.6 Å². The second kappa shape index (κ2) is 5.88. The summed E-state index contributed by atoms with van der Waals surface area (Å²) in [4.78, 5) is 13.0. The average molecular weight is 368 g/mol. The summed E-state index contributed by atoms with van der Waals surface area (Å²) in [5.41, 5.74) is 3.76. The van der Waals surface area contributed by atoms with Crippen LogP contribution in [0.5, 0.6) is 0 Å². The molecule has 0 radical (unpaired) electrons. The van der Waals surface area contributed by atoms with Gasteiger partial charge in [0.15, 0.2) is 11.4 Å². The normalized spacial score (nSPS) is 23.1. The molecule has 1 saturated carbocycles. The quantitative estimate of drug-likeness (QED) is 0.725. The fourth-order valence-corrected chi connectivity index (χ4v) is 4.85. The maximum atomic E-state index is 13.0. The molecule has 1 fully saturated rings. The molecule has 0 aromatic heterocycles. The summed E-state index contributed by atoms with van der Waals surface area (Å²) in [6, 6.07) is 4.17. The Morgan fingerprint density at radius 3 is 2.19 bits per heavy atom. The highest BCUT2D eigenvalue weighted by atomic mass is 16.6. The van der Waals surface area contributed by atoms with Gasteiger partial charge in [-0.15, -0.1) is 0 Å². The number of carbonyl (C=O) groups is 1. The molecule has 1 spiro atoms. The van der Waals surface area contributed by atoms with E-state index >= 15 is 0 Å². The number of benzene rings is 1. The van der Waals surface area contributed by atoms with Gasteiger partial charge in [-0.1, -0.05) is 31.5 Å². The minimum atomic E-state index is -0.677. The zero-order valence-electron chi connectivity index (χ0n) is 16.9. The molecule has 0 atom stereocenters. The molecular weight excluding hydrogens is 340 g/mol. The summed E-state index contributed by atoms with van der Waals surface area (Å²) in [7, 11) is 0. The van der Waals surface area contributed by atoms with Crippen LogP contribution in [-0.4, -0.2) is 16.7 Å². The smallest absolute Gasteiger partial charge is 0.343 e. The van der Waals surface area contributed by atoms with Crippen molar-refractivity contribution in [1.82, 2.24) is 0 Å². The molecule has 1 heterocycles. The van der Waals surface area contributed by atoms with E-state index in [1.54, 1.807) is 0 Å². The highest BCUT2D eigenvalue weighted by Crippen LogP contribution is 2.53. The third-order valence-electron chi connectivity index (χ3n) is 6.20. The van der Waals surface area contributed by atoms with E-state index in [0.29, 0.717) is 23.5 Å². The molecule has 1 aromatic carbocycles. The Bertz CT molecular complexity index is 872. The summed E-state index contributed by atoms with van der Waals surface area (Å²) >= 11 is 0. The molecule has 27 heavy (non-hydrogen) atoms. The number of aliphatic hydroxyl groups excluding tert-OH is 1. The largest absolute Gasteiger partial charge is 0.508 e. The van der Waals surface area contributed by atoms with Gasteiger partial charge in [-0.25, -0.2) is 4.79 Å². The van der Waals surface area contributed by atoms with E-state index in [2.05, 4.69) is 19.1 Å². The van der Waals surface area contributed by atoms with E-state index in [9.17, 15) is 9.90 Å². The first kappa shape index (κ1) is 18.1. The van der Waals surface area contributed by atoms with Gasteiger partial charge in [0.05, 0.1) is 0 Å². The van der Waals surface area contributed by atoms with E-state index in [1.807, 2.05) is 27.7 Å². The van der Waals surface area contributed by atoms with Gasteiger partial charge in [0, 0.05) is 11.8 Å². The van der Waals surface area contributed by atoms with Crippen LogP contribution in [0.4, 0.5) is 0 Å². The third-order valence-corrected chi connectivity index (χ3v) is 6.20. The van der Waals surface area contributed by atoms with Crippen LogP contribution in [-0.2, 0) is 14.3 Å². The van der Waals surface area contributed by atoms with Gasteiger partial charge in [0.1, 0.15) is 17.1 Å². The Kier molecular flexibility index (Phi) is 3.95. The van der Waals surface area contributed by atoms with E-state index < -0.39 is 5.60 Å². The molecule has 144 valence electrons. The topological polar surface area (TPSA) is 55.8 Å². The molecule has 1 aliphatic heterocycles. The molecule has 3 aliphatic rings. The number of rotatable bonds is 3. The second-order valence-electron chi connectivity index (χ2n) is 9.00. The number of aryl methyl sites for hydroxylation is 3. The van der Waals surface area contributed by atoms with Crippen LogP contribution in [0.1, 0.15) is 68.2 Å². The Balaban J connectivity index is 1.89. The van der Waals surface area contributed by atoms with Gasteiger partial charge in [-0.3, -0.25) is 0 Å². The van der Waals surface area contributed by atoms with Crippen LogP contribution in [0.2, 0.25) is 0 Å². The first-order chi connectivity index (χ1) is 12.6. The zero-order valence-corrected chi connectivity index (χ0v) is 16.9. The van der Waals surface area contributed by atoms with E-state index in [0.717, 1.165) is 42.4 Å². The van der Waals surface area contributed by atoms with E-state index in [4.69, 9.17) is 9.47 Å². The van der Waals surface area contributed by atoms with Gasteiger partial charge in [-0.2, -0.15) is 0 Å². The Morgan fingerprint density at radius 2 is 1.67 bits per heavy atom. The van der Waals surface area contributed by atoms with Crippen LogP contribution < -0.4 is 0 Å². The Hall–Kier alpha value is -2.23. The predicted octanol–water partition coefficient (Wildman–Crippen LogP) is 5.41. The van der Waals surface area contributed by atoms with Crippen LogP contribution >= 0.6 is 0 Å². The lowest BCUT2D eigenvalue weighted by atomic mass is 9.76. The van der Waals surface area contributed by atoms with Crippen molar-refractivity contribution in [3.05, 3.63) is 51.7 Å². The number of aliphatic hydroxyl groups is 1. The SMILES string of the molecule is Cc1cc(C)c(C2=C(OC3=C(O)C(C)(C)C3)C3(CCCC3)OC2=O)c(C)c1. The molecule has 2 aliphatic carbocycles. The number of hydrogen-bond donors (Lipinski definition) is 1. The van der Waals surface area contributed by atoms with Gasteiger partial charge in [0.25, 0.3) is 0 Å². The minimum absolute atomic E-state index is 0.266. The molecule has 4 nitrogen and oxygen atoms in total. The van der Waals surface area contributed by atoms with Crippen molar-refractivity contribution >= 4 is 11.5 Å². The van der Waals surface area contributed by atoms with Crippen LogP contribution in [0.3, 0.4) is 0 Å². The summed E-state index contributed by atoms with van der Waals surface area (Å²) in [6.45, 7) is 10.1. The van der Waals surface area contributed by atoms with Crippen molar-refractivity contribution in [2.45, 2.75) is 72.3 Å². The lowest BCUT2D eigenvalue weighted by molar-refractivity contribution is -0.146. The fourth-order valence-electron chi connectivity index (χ4n) is 4.85. The van der Waals surface area contributed by atoms with Crippen LogP contribution in [0, 0.1) is 26.2 Å². The van der Waals surface area contributed by atoms with Crippen molar-refractivity contribution in [1.29, 1.82) is 0 Å². The molecule has 4 heteroatoms. The second-order valence-corrected chi connectivity index (χ2v) is 9.00. The molecule has 1 N–H and O–H groups in total. The standard InChI is InChI=1S/C23H28O4/c1-13-10-14(2)17(15(3)11-13)18-20(26-16-12-22(4,5)19(16)24)23(27-21(18)25)8-6-7-9-23/h10-11,24H,6-9,12H2,1-5H3. The third kappa shape index (κ3) is 2.69. The first-order valence-corrected chi connectivity index (χ1v) is 9.81. The van der Waals surface area contributed by atoms with E-state index in [-0.39, 0.29) is 17.1 Å². The zero-order chi connectivity index (χ0) is 19.6. The number of allylic oxidation sites excluding steroid dienone is 2. The monoisotopic (exact) mass is 368 g/mol. The van der Waals surface area contributed by atoms with Crippen molar-refractivity contribution < 1.29 is 19.4 Å². The summed E-state index contributed by atoms with van der Waals surface area (Å²) in [5.74, 6) is 1.15. The fraction of sp³-hybridized carbons (Fsp3) is 0.522. The molecular formula is C23H28O4. The lowest BCUT2D eigenvalue weighted by Crippen LogP contribution is -2.33. The summed E-state index contributed by atoms with van der Waals surface area (Å²) in [6.07, 6.45) is 4.23. The number of ether oxygens (including phenoxy) is 2. The summed E-state index contributed by atoms with van der Waals surface area (Å²) < 4.78 is 12.2. The highest BCUT2D eigenvalue weighted by molar-refractivity contribution is 6.20. The van der Waals surface area contributed by atoms with Crippen LogP contribution in [0.25, 0.3) is 5.57 Å². The number of carbonyl (C=O) groups excluding carboxylic acids is 1. The Labute approximate surface area is 160 Å². The first-order valence-electron chi connectivity index (χ1n) is 9.81. The Morgan fingerprint density at radius 1 is 1.07 bits per heavy atom. The summed E-state index contributed by atoms with van der Waals surface area (Å²) in [5, 5.41) is 10.4. The number of hydrogen-bond acceptors (Lipinski definition) is 4. The highest BCUT2D eigenvalue weighted by Gasteiger charge is 2.53. The van der Waals surface area contributed by atoms with Gasteiger partial charge >= 0.3 is 5.97 Å². The lowest BCUT2D eigenvalue weighted by Gasteiger charge is -2.37. The number of esters is 1. The maximum absolute atomic E-state index is 13.0. The molecule has 4 rings (SSSR count). The molecule has 0 bridgehead atoms. The predicted molar refractivity (Wildman–Crippen MR) is 104 cm³/mol. The van der Waals surface area contributed by atoms with Crippen molar-refractivity contribution in [3.63, 3.8) is 0 Å². The van der Waals surface area contributed by atoms with Crippen molar-refractivity contribution in [3.8, 4) is 0 Å². The maximum Gasteiger partial charge on any atom is 0.343 e.